The van der Waals surface area contributed by atoms with Crippen LogP contribution in [0.4, 0.5) is 10.2 Å². The number of hydrogen-bond acceptors (Lipinski definition) is 4. The smallest absolute Gasteiger partial charge is 0.259 e. The molecule has 0 aliphatic heterocycles. The van der Waals surface area contributed by atoms with Crippen molar-refractivity contribution < 1.29 is 18.7 Å². The largest absolute Gasteiger partial charge is 0.493 e. The van der Waals surface area contributed by atoms with Gasteiger partial charge in [-0.25, -0.2) is 9.37 Å². The second-order valence-corrected chi connectivity index (χ2v) is 5.68. The summed E-state index contributed by atoms with van der Waals surface area (Å²) in [5.74, 6) is -0.217. The molecule has 1 amide bonds. The minimum absolute atomic E-state index is 0.0797. The average Bonchev–Trinajstić information content (AvgIpc) is 3.10. The van der Waals surface area contributed by atoms with Crippen molar-refractivity contribution in [1.82, 2.24) is 4.98 Å². The zero-order chi connectivity index (χ0) is 16.9. The maximum Gasteiger partial charge on any atom is 0.259 e. The predicted octanol–water partition coefficient (Wildman–Crippen LogP) is 3.80. The van der Waals surface area contributed by atoms with Crippen LogP contribution in [-0.4, -0.2) is 24.1 Å². The van der Waals surface area contributed by atoms with Crippen molar-refractivity contribution in [3.63, 3.8) is 0 Å². The Morgan fingerprint density at radius 1 is 1.25 bits per heavy atom. The minimum atomic E-state index is -0.668. The van der Waals surface area contributed by atoms with E-state index in [-0.39, 0.29) is 17.4 Å². The SMILES string of the molecule is COc1cc(F)c(C(=O)Nc2ccccn2)cc1OC1CCCC1. The lowest BCUT2D eigenvalue weighted by Crippen LogP contribution is -2.16. The van der Waals surface area contributed by atoms with E-state index in [1.54, 1.807) is 24.4 Å². The summed E-state index contributed by atoms with van der Waals surface area (Å²) in [5.41, 5.74) is -0.102. The molecule has 1 aromatic carbocycles. The molecule has 1 fully saturated rings. The van der Waals surface area contributed by atoms with Gasteiger partial charge in [0.2, 0.25) is 0 Å². The average molecular weight is 330 g/mol. The summed E-state index contributed by atoms with van der Waals surface area (Å²) in [4.78, 5) is 16.3. The first kappa shape index (κ1) is 16.2. The lowest BCUT2D eigenvalue weighted by molar-refractivity contribution is 0.102. The van der Waals surface area contributed by atoms with Crippen LogP contribution in [0.3, 0.4) is 0 Å². The monoisotopic (exact) mass is 330 g/mol. The summed E-state index contributed by atoms with van der Waals surface area (Å²) in [7, 11) is 1.45. The number of anilines is 1. The standard InChI is InChI=1S/C18H19FN2O3/c1-23-15-11-14(19)13(10-16(15)24-12-6-2-3-7-12)18(22)21-17-8-4-5-9-20-17/h4-5,8-12H,2-3,6-7H2,1H3,(H,20,21,22). The highest BCUT2D eigenvalue weighted by Gasteiger charge is 2.22. The summed E-state index contributed by atoms with van der Waals surface area (Å²) in [5, 5.41) is 2.57. The molecule has 126 valence electrons. The number of methoxy groups -OCH3 is 1. The molecule has 3 rings (SSSR count). The Morgan fingerprint density at radius 2 is 2.04 bits per heavy atom. The van der Waals surface area contributed by atoms with Crippen molar-refractivity contribution in [3.8, 4) is 11.5 Å². The van der Waals surface area contributed by atoms with Crippen molar-refractivity contribution in [2.45, 2.75) is 31.8 Å². The Kier molecular flexibility index (Phi) is 4.93. The van der Waals surface area contributed by atoms with Gasteiger partial charge in [0.25, 0.3) is 5.91 Å². The van der Waals surface area contributed by atoms with E-state index in [0.717, 1.165) is 25.7 Å². The van der Waals surface area contributed by atoms with E-state index in [4.69, 9.17) is 9.47 Å². The summed E-state index contributed by atoms with van der Waals surface area (Å²) < 4.78 is 25.4. The van der Waals surface area contributed by atoms with Gasteiger partial charge in [-0.3, -0.25) is 4.79 Å². The number of amides is 1. The third-order valence-corrected chi connectivity index (χ3v) is 4.00. The first-order chi connectivity index (χ1) is 11.7. The molecule has 1 heterocycles. The Labute approximate surface area is 139 Å². The highest BCUT2D eigenvalue weighted by molar-refractivity contribution is 6.04. The summed E-state index contributed by atoms with van der Waals surface area (Å²) in [6.45, 7) is 0. The number of rotatable bonds is 5. The van der Waals surface area contributed by atoms with Gasteiger partial charge >= 0.3 is 0 Å². The molecule has 0 atom stereocenters. The normalized spacial score (nSPS) is 14.4. The molecule has 1 aromatic heterocycles. The number of aromatic nitrogens is 1. The summed E-state index contributed by atoms with van der Waals surface area (Å²) in [6, 6.07) is 7.68. The molecule has 0 saturated heterocycles. The van der Waals surface area contributed by atoms with E-state index >= 15 is 0 Å². The maximum absolute atomic E-state index is 14.3. The van der Waals surface area contributed by atoms with Crippen LogP contribution in [0.2, 0.25) is 0 Å². The lowest BCUT2D eigenvalue weighted by Gasteiger charge is -2.17. The zero-order valence-corrected chi connectivity index (χ0v) is 13.4. The number of pyridine rings is 1. The van der Waals surface area contributed by atoms with Crippen LogP contribution in [0.25, 0.3) is 0 Å². The van der Waals surface area contributed by atoms with Crippen molar-refractivity contribution in [2.75, 3.05) is 12.4 Å². The molecule has 2 aromatic rings. The molecule has 24 heavy (non-hydrogen) atoms. The number of carbonyl (C=O) groups is 1. The first-order valence-electron chi connectivity index (χ1n) is 7.94. The van der Waals surface area contributed by atoms with Gasteiger partial charge in [-0.1, -0.05) is 6.07 Å². The second-order valence-electron chi connectivity index (χ2n) is 5.68. The molecule has 1 N–H and O–H groups in total. The highest BCUT2D eigenvalue weighted by atomic mass is 19.1. The Bertz CT molecular complexity index is 716. The van der Waals surface area contributed by atoms with Gasteiger partial charge in [-0.2, -0.15) is 0 Å². The molecule has 0 spiro atoms. The molecule has 1 aliphatic carbocycles. The summed E-state index contributed by atoms with van der Waals surface area (Å²) in [6.07, 6.45) is 5.76. The van der Waals surface area contributed by atoms with Gasteiger partial charge in [0.1, 0.15) is 11.6 Å². The molecule has 5 nitrogen and oxygen atoms in total. The van der Waals surface area contributed by atoms with Gasteiger partial charge < -0.3 is 14.8 Å². The number of nitrogens with zero attached hydrogens (tertiary/aromatic N) is 1. The van der Waals surface area contributed by atoms with Crippen molar-refractivity contribution in [1.29, 1.82) is 0 Å². The van der Waals surface area contributed by atoms with Gasteiger partial charge in [-0.15, -0.1) is 0 Å². The highest BCUT2D eigenvalue weighted by Crippen LogP contribution is 2.34. The minimum Gasteiger partial charge on any atom is -0.493 e. The molecule has 1 aliphatic rings. The van der Waals surface area contributed by atoms with Crippen molar-refractivity contribution in [3.05, 3.63) is 47.9 Å². The van der Waals surface area contributed by atoms with Gasteiger partial charge in [0.15, 0.2) is 11.5 Å². The fourth-order valence-electron chi connectivity index (χ4n) is 2.77. The number of benzene rings is 1. The molecular formula is C18H19FN2O3. The van der Waals surface area contributed by atoms with E-state index < -0.39 is 11.7 Å². The van der Waals surface area contributed by atoms with Crippen LogP contribution in [0.1, 0.15) is 36.0 Å². The fraction of sp³-hybridized carbons (Fsp3) is 0.333. The zero-order valence-electron chi connectivity index (χ0n) is 13.4. The molecule has 6 heteroatoms. The quantitative estimate of drug-likeness (QED) is 0.906. The topological polar surface area (TPSA) is 60.5 Å². The molecule has 1 saturated carbocycles. The maximum atomic E-state index is 14.3. The molecule has 0 unspecified atom stereocenters. The van der Waals surface area contributed by atoms with Crippen LogP contribution in [0, 0.1) is 5.82 Å². The van der Waals surface area contributed by atoms with E-state index in [9.17, 15) is 9.18 Å². The van der Waals surface area contributed by atoms with Crippen LogP contribution in [0.5, 0.6) is 11.5 Å². The second kappa shape index (κ2) is 7.29. The van der Waals surface area contributed by atoms with Crippen LogP contribution >= 0.6 is 0 Å². The molecule has 0 bridgehead atoms. The number of hydrogen-bond donors (Lipinski definition) is 1. The fourth-order valence-corrected chi connectivity index (χ4v) is 2.77. The predicted molar refractivity (Wildman–Crippen MR) is 88.0 cm³/mol. The Hall–Kier alpha value is -2.63. The van der Waals surface area contributed by atoms with Gasteiger partial charge in [-0.05, 0) is 43.9 Å². The third kappa shape index (κ3) is 3.64. The van der Waals surface area contributed by atoms with Crippen LogP contribution in [0.15, 0.2) is 36.5 Å². The van der Waals surface area contributed by atoms with Gasteiger partial charge in [0.05, 0.1) is 18.8 Å². The Morgan fingerprint density at radius 3 is 2.71 bits per heavy atom. The van der Waals surface area contributed by atoms with Crippen molar-refractivity contribution >= 4 is 11.7 Å². The first-order valence-corrected chi connectivity index (χ1v) is 7.94. The van der Waals surface area contributed by atoms with E-state index in [1.165, 1.54) is 19.2 Å². The lowest BCUT2D eigenvalue weighted by atomic mass is 10.1. The Balaban J connectivity index is 1.85. The summed E-state index contributed by atoms with van der Waals surface area (Å²) >= 11 is 0. The van der Waals surface area contributed by atoms with Crippen LogP contribution in [-0.2, 0) is 0 Å². The molecular weight excluding hydrogens is 311 g/mol. The third-order valence-electron chi connectivity index (χ3n) is 4.00. The number of halogens is 1. The van der Waals surface area contributed by atoms with Gasteiger partial charge in [0, 0.05) is 12.3 Å². The van der Waals surface area contributed by atoms with E-state index in [2.05, 4.69) is 10.3 Å². The number of ether oxygens (including phenoxy) is 2. The number of carbonyl (C=O) groups excluding carboxylic acids is 1. The molecule has 0 radical (unpaired) electrons. The van der Waals surface area contributed by atoms with Crippen LogP contribution < -0.4 is 14.8 Å². The number of nitrogens with one attached hydrogen (secondary N) is 1. The van der Waals surface area contributed by atoms with Crippen molar-refractivity contribution in [2.24, 2.45) is 0 Å². The van der Waals surface area contributed by atoms with E-state index in [1.807, 2.05) is 0 Å². The van der Waals surface area contributed by atoms with E-state index in [0.29, 0.717) is 11.6 Å².